The topological polar surface area (TPSA) is 52.3 Å². The zero-order valence-electron chi connectivity index (χ0n) is 7.76. The summed E-state index contributed by atoms with van der Waals surface area (Å²) in [6.45, 7) is -1.94. The lowest BCUT2D eigenvalue weighted by Crippen LogP contribution is -2.08. The molecule has 0 fully saturated rings. The van der Waals surface area contributed by atoms with E-state index in [-0.39, 0.29) is 5.56 Å². The van der Waals surface area contributed by atoms with Gasteiger partial charge in [0.25, 0.3) is 0 Å². The normalized spacial score (nSPS) is 10.5. The van der Waals surface area contributed by atoms with Gasteiger partial charge in [0.2, 0.25) is 0 Å². The van der Waals surface area contributed by atoms with E-state index in [9.17, 15) is 18.0 Å². The number of hydrogen-bond donors (Lipinski definition) is 1. The van der Waals surface area contributed by atoms with E-state index in [0.29, 0.717) is 0 Å². The first-order valence-corrected chi connectivity index (χ1v) is 3.97. The average Bonchev–Trinajstić information content (AvgIpc) is 2.12. The highest BCUT2D eigenvalue weighted by molar-refractivity contribution is 5.99. The zero-order valence-corrected chi connectivity index (χ0v) is 7.76. The van der Waals surface area contributed by atoms with Crippen LogP contribution in [0.25, 0.3) is 0 Å². The van der Waals surface area contributed by atoms with Crippen molar-refractivity contribution in [2.75, 3.05) is 5.73 Å². The molecule has 0 atom stereocenters. The quantitative estimate of drug-likeness (QED) is 0.626. The first kappa shape index (κ1) is 11.4. The number of alkyl halides is 2. The highest BCUT2D eigenvalue weighted by Crippen LogP contribution is 2.27. The molecule has 0 aliphatic heterocycles. The Morgan fingerprint density at radius 2 is 2.07 bits per heavy atom. The summed E-state index contributed by atoms with van der Waals surface area (Å²) in [6, 6.07) is 2.08. The van der Waals surface area contributed by atoms with E-state index in [1.165, 1.54) is 6.92 Å². The first-order valence-electron chi connectivity index (χ1n) is 3.97. The van der Waals surface area contributed by atoms with Crippen LogP contribution >= 0.6 is 0 Å². The Balaban J connectivity index is 3.15. The molecule has 1 rings (SSSR count). The van der Waals surface area contributed by atoms with Gasteiger partial charge in [-0.05, 0) is 19.1 Å². The number of anilines is 1. The summed E-state index contributed by atoms with van der Waals surface area (Å²) in [5.41, 5.74) is 4.69. The van der Waals surface area contributed by atoms with Crippen LogP contribution in [0.4, 0.5) is 18.9 Å². The molecule has 0 unspecified atom stereocenters. The van der Waals surface area contributed by atoms with Crippen molar-refractivity contribution in [3.63, 3.8) is 0 Å². The molecule has 1 aromatic rings. The van der Waals surface area contributed by atoms with Crippen LogP contribution in [0.3, 0.4) is 0 Å². The largest absolute Gasteiger partial charge is 0.432 e. The second-order valence-electron chi connectivity index (χ2n) is 2.77. The Morgan fingerprint density at radius 3 is 2.53 bits per heavy atom. The van der Waals surface area contributed by atoms with Crippen LogP contribution < -0.4 is 10.5 Å². The van der Waals surface area contributed by atoms with Crippen LogP contribution in [-0.2, 0) is 0 Å². The minimum absolute atomic E-state index is 0.0610. The van der Waals surface area contributed by atoms with E-state index in [1.807, 2.05) is 0 Å². The molecule has 0 heterocycles. The molecule has 0 aromatic heterocycles. The SMILES string of the molecule is CC(=O)c1ccc(OC(F)F)c(F)c1N. The summed E-state index contributed by atoms with van der Waals surface area (Å²) in [5, 5.41) is 0. The van der Waals surface area contributed by atoms with E-state index in [2.05, 4.69) is 4.74 Å². The van der Waals surface area contributed by atoms with Crippen molar-refractivity contribution in [1.82, 2.24) is 0 Å². The molecule has 0 spiro atoms. The third-order valence-corrected chi connectivity index (χ3v) is 1.74. The molecule has 0 saturated carbocycles. The first-order chi connectivity index (χ1) is 6.93. The van der Waals surface area contributed by atoms with Gasteiger partial charge in [0.05, 0.1) is 5.69 Å². The monoisotopic (exact) mass is 219 g/mol. The Morgan fingerprint density at radius 1 is 1.47 bits per heavy atom. The van der Waals surface area contributed by atoms with Gasteiger partial charge in [0.1, 0.15) is 0 Å². The Labute approximate surface area is 83.6 Å². The van der Waals surface area contributed by atoms with Crippen LogP contribution in [0.1, 0.15) is 17.3 Å². The number of nitrogen functional groups attached to an aromatic ring is 1. The summed E-state index contributed by atoms with van der Waals surface area (Å²) in [6.07, 6.45) is 0. The Kier molecular flexibility index (Phi) is 3.18. The molecule has 15 heavy (non-hydrogen) atoms. The van der Waals surface area contributed by atoms with Crippen LogP contribution in [0.2, 0.25) is 0 Å². The number of nitrogens with two attached hydrogens (primary N) is 1. The molecule has 2 N–H and O–H groups in total. The predicted octanol–water partition coefficient (Wildman–Crippen LogP) is 2.21. The lowest BCUT2D eigenvalue weighted by atomic mass is 10.1. The van der Waals surface area contributed by atoms with Crippen LogP contribution in [0, 0.1) is 5.82 Å². The minimum Gasteiger partial charge on any atom is -0.432 e. The third kappa shape index (κ3) is 2.39. The van der Waals surface area contributed by atoms with Gasteiger partial charge in [-0.15, -0.1) is 0 Å². The number of Topliss-reactive ketones (excluding diaryl/α,β-unsaturated/α-hetero) is 1. The second kappa shape index (κ2) is 4.20. The number of hydrogen-bond acceptors (Lipinski definition) is 3. The molecular weight excluding hydrogens is 211 g/mol. The van der Waals surface area contributed by atoms with Gasteiger partial charge < -0.3 is 10.5 Å². The molecule has 0 aliphatic carbocycles. The maximum absolute atomic E-state index is 13.2. The van der Waals surface area contributed by atoms with Gasteiger partial charge in [-0.25, -0.2) is 4.39 Å². The van der Waals surface area contributed by atoms with E-state index >= 15 is 0 Å². The van der Waals surface area contributed by atoms with Gasteiger partial charge >= 0.3 is 6.61 Å². The lowest BCUT2D eigenvalue weighted by Gasteiger charge is -2.09. The maximum atomic E-state index is 13.2. The number of carbonyl (C=O) groups excluding carboxylic acids is 1. The molecule has 0 amide bonds. The number of halogens is 3. The maximum Gasteiger partial charge on any atom is 0.387 e. The van der Waals surface area contributed by atoms with Crippen LogP contribution in [0.5, 0.6) is 5.75 Å². The molecule has 3 nitrogen and oxygen atoms in total. The van der Waals surface area contributed by atoms with E-state index in [4.69, 9.17) is 5.73 Å². The number of ether oxygens (including phenoxy) is 1. The second-order valence-corrected chi connectivity index (χ2v) is 2.77. The standard InChI is InChI=1S/C9H8F3NO2/c1-4(14)5-2-3-6(15-9(11)12)7(10)8(5)13/h2-3,9H,13H2,1H3. The minimum atomic E-state index is -3.14. The van der Waals surface area contributed by atoms with Crippen molar-refractivity contribution in [1.29, 1.82) is 0 Å². The Hall–Kier alpha value is -1.72. The molecule has 0 saturated heterocycles. The molecule has 0 bridgehead atoms. The third-order valence-electron chi connectivity index (χ3n) is 1.74. The molecule has 0 radical (unpaired) electrons. The summed E-state index contributed by atoms with van der Waals surface area (Å²) >= 11 is 0. The smallest absolute Gasteiger partial charge is 0.387 e. The molecular formula is C9H8F3NO2. The highest BCUT2D eigenvalue weighted by Gasteiger charge is 2.16. The number of ketones is 1. The number of benzene rings is 1. The van der Waals surface area contributed by atoms with Crippen molar-refractivity contribution >= 4 is 11.5 Å². The van der Waals surface area contributed by atoms with Crippen LogP contribution in [-0.4, -0.2) is 12.4 Å². The summed E-state index contributed by atoms with van der Waals surface area (Å²) in [4.78, 5) is 10.9. The van der Waals surface area contributed by atoms with Crippen molar-refractivity contribution in [3.8, 4) is 5.75 Å². The molecule has 0 aliphatic rings. The van der Waals surface area contributed by atoms with Gasteiger partial charge in [-0.3, -0.25) is 4.79 Å². The zero-order chi connectivity index (χ0) is 11.6. The van der Waals surface area contributed by atoms with Crippen molar-refractivity contribution < 1.29 is 22.7 Å². The fourth-order valence-corrected chi connectivity index (χ4v) is 1.07. The van der Waals surface area contributed by atoms with Crippen molar-refractivity contribution in [3.05, 3.63) is 23.5 Å². The van der Waals surface area contributed by atoms with Crippen molar-refractivity contribution in [2.45, 2.75) is 13.5 Å². The van der Waals surface area contributed by atoms with Gasteiger partial charge in [-0.1, -0.05) is 0 Å². The predicted molar refractivity (Wildman–Crippen MR) is 47.4 cm³/mol. The number of carbonyl (C=O) groups is 1. The van der Waals surface area contributed by atoms with E-state index in [1.54, 1.807) is 0 Å². The fraction of sp³-hybridized carbons (Fsp3) is 0.222. The van der Waals surface area contributed by atoms with E-state index < -0.39 is 29.6 Å². The lowest BCUT2D eigenvalue weighted by molar-refractivity contribution is -0.0520. The molecule has 1 aromatic carbocycles. The van der Waals surface area contributed by atoms with Gasteiger partial charge in [0, 0.05) is 5.56 Å². The van der Waals surface area contributed by atoms with Gasteiger partial charge in [-0.2, -0.15) is 8.78 Å². The van der Waals surface area contributed by atoms with Crippen molar-refractivity contribution in [2.24, 2.45) is 0 Å². The summed E-state index contributed by atoms with van der Waals surface area (Å²) in [7, 11) is 0. The van der Waals surface area contributed by atoms with E-state index in [0.717, 1.165) is 12.1 Å². The van der Waals surface area contributed by atoms with Gasteiger partial charge in [0.15, 0.2) is 17.3 Å². The van der Waals surface area contributed by atoms with Crippen LogP contribution in [0.15, 0.2) is 12.1 Å². The number of rotatable bonds is 3. The molecule has 82 valence electrons. The summed E-state index contributed by atoms with van der Waals surface area (Å²) < 4.78 is 40.7. The fourth-order valence-electron chi connectivity index (χ4n) is 1.07. The summed E-state index contributed by atoms with van der Waals surface area (Å²) in [5.74, 6) is -2.27. The highest BCUT2D eigenvalue weighted by atomic mass is 19.3. The Bertz CT molecular complexity index is 393. The molecule has 6 heteroatoms. The average molecular weight is 219 g/mol.